The van der Waals surface area contributed by atoms with Gasteiger partial charge in [-0.05, 0) is 67.3 Å². The fourth-order valence-electron chi connectivity index (χ4n) is 6.36. The third-order valence-corrected chi connectivity index (χ3v) is 10.9. The number of H-pyrrole nitrogens is 1. The molecule has 2 aliphatic rings. The Labute approximate surface area is 294 Å². The van der Waals surface area contributed by atoms with Crippen molar-refractivity contribution in [2.45, 2.75) is 30.0 Å². The Kier molecular flexibility index (Phi) is 9.17. The zero-order chi connectivity index (χ0) is 34.9. The van der Waals surface area contributed by atoms with Gasteiger partial charge in [0.2, 0.25) is 11.8 Å². The Bertz CT molecular complexity index is 2190. The van der Waals surface area contributed by atoms with Crippen LogP contribution in [0.2, 0.25) is 0 Å². The molecule has 3 heterocycles. The minimum atomic E-state index is -0.830. The number of anilines is 2. The number of thioether (sulfide) groups is 1. The van der Waals surface area contributed by atoms with E-state index in [1.165, 1.54) is 23.9 Å². The maximum absolute atomic E-state index is 14.2. The van der Waals surface area contributed by atoms with Crippen molar-refractivity contribution < 1.29 is 33.4 Å². The molecule has 254 valence electrons. The first-order valence-corrected chi connectivity index (χ1v) is 17.7. The lowest BCUT2D eigenvalue weighted by molar-refractivity contribution is -0.122. The zero-order valence-electron chi connectivity index (χ0n) is 27.0. The number of hydrogen-bond acceptors (Lipinski definition) is 10. The summed E-state index contributed by atoms with van der Waals surface area (Å²) in [5.74, 6) is -2.50. The largest absolute Gasteiger partial charge is 0.490 e. The fraction of sp³-hybridized carbons (Fsp3) is 0.216. The Balaban J connectivity index is 1.16. The molecule has 2 aliphatic heterocycles. The summed E-state index contributed by atoms with van der Waals surface area (Å²) in [6, 6.07) is 24.7. The van der Waals surface area contributed by atoms with Gasteiger partial charge in [0.1, 0.15) is 5.25 Å². The number of thiazole rings is 1. The number of rotatable bonds is 10. The van der Waals surface area contributed by atoms with Crippen LogP contribution in [0.3, 0.4) is 0 Å². The van der Waals surface area contributed by atoms with E-state index >= 15 is 0 Å². The predicted octanol–water partition coefficient (Wildman–Crippen LogP) is 5.98. The highest BCUT2D eigenvalue weighted by atomic mass is 32.2. The van der Waals surface area contributed by atoms with Crippen LogP contribution in [0.4, 0.5) is 11.4 Å². The molecule has 5 aromatic rings. The lowest BCUT2D eigenvalue weighted by atomic mass is 9.83. The van der Waals surface area contributed by atoms with Crippen molar-refractivity contribution in [3.8, 4) is 11.5 Å². The molecule has 11 nitrogen and oxygen atoms in total. The van der Waals surface area contributed by atoms with Gasteiger partial charge in [-0.25, -0.2) is 9.69 Å². The molecular formula is C37H31N3O8S2. The van der Waals surface area contributed by atoms with E-state index in [4.69, 9.17) is 14.2 Å². The van der Waals surface area contributed by atoms with Crippen LogP contribution in [0.15, 0.2) is 94.7 Å². The van der Waals surface area contributed by atoms with E-state index in [1.54, 1.807) is 37.3 Å². The summed E-state index contributed by atoms with van der Waals surface area (Å²) in [7, 11) is 0. The summed E-state index contributed by atoms with van der Waals surface area (Å²) in [6.45, 7) is 3.76. The molecule has 0 saturated carbocycles. The van der Waals surface area contributed by atoms with Crippen molar-refractivity contribution in [2.24, 2.45) is 5.92 Å². The van der Waals surface area contributed by atoms with Gasteiger partial charge in [-0.3, -0.25) is 19.2 Å². The van der Waals surface area contributed by atoms with Crippen molar-refractivity contribution in [2.75, 3.05) is 30.0 Å². The van der Waals surface area contributed by atoms with Crippen LogP contribution in [0.5, 0.6) is 11.5 Å². The molecule has 0 aliphatic carbocycles. The molecule has 4 aromatic carbocycles. The van der Waals surface area contributed by atoms with Crippen LogP contribution in [0.1, 0.15) is 40.6 Å². The number of esters is 1. The normalized spacial score (nSPS) is 18.0. The number of aromatic nitrogens is 1. The molecule has 1 fully saturated rings. The van der Waals surface area contributed by atoms with E-state index in [-0.39, 0.29) is 24.0 Å². The van der Waals surface area contributed by atoms with E-state index in [1.807, 2.05) is 49.4 Å². The van der Waals surface area contributed by atoms with Gasteiger partial charge in [0.05, 0.1) is 35.4 Å². The van der Waals surface area contributed by atoms with E-state index in [0.29, 0.717) is 50.5 Å². The molecule has 0 unspecified atom stereocenters. The molecule has 0 spiro atoms. The van der Waals surface area contributed by atoms with Crippen molar-refractivity contribution >= 4 is 68.9 Å². The van der Waals surface area contributed by atoms with E-state index in [2.05, 4.69) is 10.3 Å². The van der Waals surface area contributed by atoms with Gasteiger partial charge in [0.15, 0.2) is 18.1 Å². The summed E-state index contributed by atoms with van der Waals surface area (Å²) in [5, 5.41) is 4.55. The molecule has 2 N–H and O–H groups in total. The molecule has 3 amide bonds. The third kappa shape index (κ3) is 6.14. The van der Waals surface area contributed by atoms with Gasteiger partial charge < -0.3 is 24.5 Å². The van der Waals surface area contributed by atoms with Gasteiger partial charge in [-0.15, -0.1) is 0 Å². The van der Waals surface area contributed by atoms with E-state index in [0.717, 1.165) is 27.0 Å². The monoisotopic (exact) mass is 709 g/mol. The lowest BCUT2D eigenvalue weighted by Gasteiger charge is -2.30. The molecule has 13 heteroatoms. The second-order valence-corrected chi connectivity index (χ2v) is 13.7. The van der Waals surface area contributed by atoms with Crippen LogP contribution >= 0.6 is 23.1 Å². The number of imide groups is 1. The van der Waals surface area contributed by atoms with E-state index < -0.39 is 34.9 Å². The SMILES string of the molecule is CCOC(=O)c1ccc(N2C(=O)[C@H]3[C@H](c4ccc(OCC(=O)Nc5cccc6ccccc56)c(OCC)c4)c4sc(=O)[nH]c4S[C@H]3C2=O)cc1. The van der Waals surface area contributed by atoms with Crippen molar-refractivity contribution in [1.29, 1.82) is 0 Å². The van der Waals surface area contributed by atoms with Gasteiger partial charge in [-0.1, -0.05) is 65.6 Å². The maximum Gasteiger partial charge on any atom is 0.338 e. The van der Waals surface area contributed by atoms with Crippen LogP contribution in [0.25, 0.3) is 10.8 Å². The second-order valence-electron chi connectivity index (χ2n) is 11.5. The van der Waals surface area contributed by atoms with Gasteiger partial charge in [-0.2, -0.15) is 0 Å². The van der Waals surface area contributed by atoms with Gasteiger partial charge >= 0.3 is 10.8 Å². The number of nitrogens with zero attached hydrogens (tertiary/aromatic N) is 1. The number of amides is 3. The second kappa shape index (κ2) is 13.8. The first kappa shape index (κ1) is 33.1. The smallest absolute Gasteiger partial charge is 0.338 e. The average Bonchev–Trinajstić information content (AvgIpc) is 3.61. The molecule has 1 aromatic heterocycles. The Morgan fingerprint density at radius 1 is 0.860 bits per heavy atom. The summed E-state index contributed by atoms with van der Waals surface area (Å²) < 4.78 is 16.9. The Hall–Kier alpha value is -5.40. The van der Waals surface area contributed by atoms with Gasteiger partial charge in [0, 0.05) is 21.9 Å². The number of aromatic amines is 1. The van der Waals surface area contributed by atoms with E-state index in [9.17, 15) is 24.0 Å². The highest BCUT2D eigenvalue weighted by Crippen LogP contribution is 2.53. The third-order valence-electron chi connectivity index (χ3n) is 8.51. The number of hydrogen-bond donors (Lipinski definition) is 2. The lowest BCUT2D eigenvalue weighted by Crippen LogP contribution is -2.32. The standard InChI is InChI=1S/C37H31N3O8S2/c1-3-46-27-18-22(14-17-26(27)48-19-28(41)38-25-11-7-9-20-8-5-6-10-24(20)25)29-30-32(49-33-31(29)50-37(45)39-33)35(43)40(34(30)42)23-15-12-21(13-16-23)36(44)47-4-2/h5-18,29-30,32H,3-4,19H2,1-2H3,(H,38,41)(H,39,45)/t29-,30-,32+/m0/s1. The number of carbonyl (C=O) groups excluding carboxylic acids is 4. The first-order valence-electron chi connectivity index (χ1n) is 16.0. The number of nitrogens with one attached hydrogen (secondary N) is 2. The highest BCUT2D eigenvalue weighted by Gasteiger charge is 2.56. The summed E-state index contributed by atoms with van der Waals surface area (Å²) >= 11 is 2.17. The van der Waals surface area contributed by atoms with Crippen molar-refractivity contribution in [1.82, 2.24) is 4.98 Å². The summed E-state index contributed by atoms with van der Waals surface area (Å²) in [5.41, 5.74) is 1.95. The molecule has 3 atom stereocenters. The number of ether oxygens (including phenoxy) is 3. The molecule has 1 saturated heterocycles. The van der Waals surface area contributed by atoms with Crippen LogP contribution in [0, 0.1) is 5.92 Å². The van der Waals surface area contributed by atoms with Crippen molar-refractivity contribution in [3.63, 3.8) is 0 Å². The molecule has 0 bridgehead atoms. The highest BCUT2D eigenvalue weighted by molar-refractivity contribution is 8.00. The minimum Gasteiger partial charge on any atom is -0.490 e. The first-order chi connectivity index (χ1) is 24.3. The van der Waals surface area contributed by atoms with Gasteiger partial charge in [0.25, 0.3) is 5.91 Å². The quantitative estimate of drug-likeness (QED) is 0.132. The summed E-state index contributed by atoms with van der Waals surface area (Å²) in [4.78, 5) is 70.1. The molecular weight excluding hydrogens is 679 g/mol. The maximum atomic E-state index is 14.2. The van der Waals surface area contributed by atoms with Crippen LogP contribution in [-0.2, 0) is 19.1 Å². The molecule has 0 radical (unpaired) electrons. The predicted molar refractivity (Wildman–Crippen MR) is 190 cm³/mol. The Morgan fingerprint density at radius 2 is 1.64 bits per heavy atom. The van der Waals surface area contributed by atoms with Crippen molar-refractivity contribution in [3.05, 3.63) is 111 Å². The topological polar surface area (TPSA) is 144 Å². The molecule has 7 rings (SSSR count). The zero-order valence-corrected chi connectivity index (χ0v) is 28.6. The Morgan fingerprint density at radius 3 is 2.42 bits per heavy atom. The fourth-order valence-corrected chi connectivity index (χ4v) is 8.88. The number of benzene rings is 4. The number of carbonyl (C=O) groups is 4. The minimum absolute atomic E-state index is 0.219. The number of fused-ring (bicyclic) bond motifs is 3. The van der Waals surface area contributed by atoms with Crippen LogP contribution in [-0.4, -0.2) is 53.7 Å². The average molecular weight is 710 g/mol. The van der Waals surface area contributed by atoms with Crippen LogP contribution < -0.4 is 24.6 Å². The molecule has 50 heavy (non-hydrogen) atoms. The summed E-state index contributed by atoms with van der Waals surface area (Å²) in [6.07, 6.45) is 0.